The van der Waals surface area contributed by atoms with Crippen molar-refractivity contribution in [2.24, 2.45) is 0 Å². The zero-order chi connectivity index (χ0) is 11.3. The van der Waals surface area contributed by atoms with E-state index in [0.29, 0.717) is 11.8 Å². The van der Waals surface area contributed by atoms with E-state index >= 15 is 0 Å². The number of hydrogen-bond acceptors (Lipinski definition) is 1. The first-order chi connectivity index (χ1) is 7.04. The van der Waals surface area contributed by atoms with E-state index in [9.17, 15) is 18.0 Å². The molecule has 1 aromatic carbocycles. The molecule has 0 saturated heterocycles. The van der Waals surface area contributed by atoms with Crippen LogP contribution in [0.15, 0.2) is 30.3 Å². The molecule has 0 amide bonds. The van der Waals surface area contributed by atoms with E-state index in [4.69, 9.17) is 0 Å². The fourth-order valence-corrected chi connectivity index (χ4v) is 1.08. The predicted molar refractivity (Wildman–Crippen MR) is 51.2 cm³/mol. The summed E-state index contributed by atoms with van der Waals surface area (Å²) >= 11 is 0. The zero-order valence-corrected chi connectivity index (χ0v) is 7.79. The topological polar surface area (TPSA) is 17.1 Å². The molecular formula is C11H9F3O. The minimum absolute atomic E-state index is 0.205. The van der Waals surface area contributed by atoms with E-state index in [1.54, 1.807) is 6.07 Å². The minimum Gasteiger partial charge on any atom is -0.303 e. The molecule has 0 unspecified atom stereocenters. The van der Waals surface area contributed by atoms with E-state index in [-0.39, 0.29) is 6.42 Å². The maximum Gasteiger partial charge on any atom is 0.416 e. The van der Waals surface area contributed by atoms with Gasteiger partial charge in [-0.3, -0.25) is 0 Å². The van der Waals surface area contributed by atoms with Crippen LogP contribution in [0.2, 0.25) is 0 Å². The Morgan fingerprint density at radius 1 is 1.27 bits per heavy atom. The van der Waals surface area contributed by atoms with Crippen molar-refractivity contribution < 1.29 is 18.0 Å². The number of aldehydes is 1. The summed E-state index contributed by atoms with van der Waals surface area (Å²) in [5.74, 6) is 0. The molecule has 0 aliphatic carbocycles. The smallest absolute Gasteiger partial charge is 0.303 e. The number of carbonyl (C=O) groups is 1. The molecule has 0 aromatic heterocycles. The molecule has 4 heteroatoms. The van der Waals surface area contributed by atoms with Gasteiger partial charge in [0.2, 0.25) is 0 Å². The Morgan fingerprint density at radius 2 is 2.00 bits per heavy atom. The molecule has 0 aliphatic rings. The van der Waals surface area contributed by atoms with E-state index in [1.165, 1.54) is 18.2 Å². The summed E-state index contributed by atoms with van der Waals surface area (Å²) in [5.41, 5.74) is -0.248. The zero-order valence-electron chi connectivity index (χ0n) is 7.79. The lowest BCUT2D eigenvalue weighted by Gasteiger charge is -2.06. The minimum atomic E-state index is -4.32. The van der Waals surface area contributed by atoms with Crippen molar-refractivity contribution in [1.82, 2.24) is 0 Å². The van der Waals surface area contributed by atoms with Crippen LogP contribution in [0.5, 0.6) is 0 Å². The summed E-state index contributed by atoms with van der Waals surface area (Å²) in [4.78, 5) is 9.99. The van der Waals surface area contributed by atoms with Crippen LogP contribution < -0.4 is 0 Å². The highest BCUT2D eigenvalue weighted by Crippen LogP contribution is 2.29. The van der Waals surface area contributed by atoms with Gasteiger partial charge in [0.05, 0.1) is 5.56 Å². The monoisotopic (exact) mass is 214 g/mol. The Hall–Kier alpha value is -1.58. The first-order valence-corrected chi connectivity index (χ1v) is 4.31. The van der Waals surface area contributed by atoms with Crippen molar-refractivity contribution in [3.8, 4) is 0 Å². The van der Waals surface area contributed by atoms with Gasteiger partial charge in [0, 0.05) is 6.42 Å². The molecule has 0 bridgehead atoms. The summed E-state index contributed by atoms with van der Waals surface area (Å²) in [6.07, 6.45) is -0.430. The van der Waals surface area contributed by atoms with Gasteiger partial charge in [-0.15, -0.1) is 0 Å². The van der Waals surface area contributed by atoms with Gasteiger partial charge in [-0.2, -0.15) is 13.2 Å². The summed E-state index contributed by atoms with van der Waals surface area (Å²) in [7, 11) is 0. The van der Waals surface area contributed by atoms with Crippen LogP contribution in [0.4, 0.5) is 13.2 Å². The summed E-state index contributed by atoms with van der Waals surface area (Å²) < 4.78 is 36.8. The third-order valence-corrected chi connectivity index (χ3v) is 1.76. The molecule has 80 valence electrons. The highest BCUT2D eigenvalue weighted by molar-refractivity contribution is 5.58. The Labute approximate surface area is 85.2 Å². The van der Waals surface area contributed by atoms with Gasteiger partial charge in [0.1, 0.15) is 6.29 Å². The molecule has 0 saturated carbocycles. The molecule has 0 atom stereocenters. The standard InChI is InChI=1S/C11H9F3O/c12-11(13,14)10-6-3-5-9(8-10)4-1-2-7-15/h1,3-8H,2H2. The van der Waals surface area contributed by atoms with Crippen LogP contribution in [-0.2, 0) is 11.0 Å². The summed E-state index contributed by atoms with van der Waals surface area (Å²) in [6, 6.07) is 4.94. The molecular weight excluding hydrogens is 205 g/mol. The van der Waals surface area contributed by atoms with Crippen LogP contribution in [0, 0.1) is 0 Å². The van der Waals surface area contributed by atoms with Gasteiger partial charge < -0.3 is 4.79 Å². The fourth-order valence-electron chi connectivity index (χ4n) is 1.08. The maximum absolute atomic E-state index is 12.3. The van der Waals surface area contributed by atoms with Crippen molar-refractivity contribution in [2.75, 3.05) is 0 Å². The summed E-state index contributed by atoms with van der Waals surface area (Å²) in [5, 5.41) is 0. The van der Waals surface area contributed by atoms with E-state index in [2.05, 4.69) is 0 Å². The quantitative estimate of drug-likeness (QED) is 0.705. The lowest BCUT2D eigenvalue weighted by atomic mass is 10.1. The third kappa shape index (κ3) is 3.58. The van der Waals surface area contributed by atoms with Gasteiger partial charge in [0.25, 0.3) is 0 Å². The van der Waals surface area contributed by atoms with Crippen LogP contribution in [-0.4, -0.2) is 6.29 Å². The number of benzene rings is 1. The average molecular weight is 214 g/mol. The molecule has 0 fully saturated rings. The first-order valence-electron chi connectivity index (χ1n) is 4.31. The second kappa shape index (κ2) is 4.77. The molecule has 0 radical (unpaired) electrons. The van der Waals surface area contributed by atoms with E-state index in [1.807, 2.05) is 0 Å². The predicted octanol–water partition coefficient (Wildman–Crippen LogP) is 3.31. The van der Waals surface area contributed by atoms with Crippen molar-refractivity contribution >= 4 is 12.4 Å². The summed E-state index contributed by atoms with van der Waals surface area (Å²) in [6.45, 7) is 0. The highest BCUT2D eigenvalue weighted by Gasteiger charge is 2.30. The third-order valence-electron chi connectivity index (χ3n) is 1.76. The lowest BCUT2D eigenvalue weighted by molar-refractivity contribution is -0.137. The number of allylic oxidation sites excluding steroid dienone is 1. The van der Waals surface area contributed by atoms with Gasteiger partial charge >= 0.3 is 6.18 Å². The second-order valence-corrected chi connectivity index (χ2v) is 2.93. The Bertz CT molecular complexity index is 366. The SMILES string of the molecule is O=CCC=Cc1cccc(C(F)(F)F)c1. The molecule has 15 heavy (non-hydrogen) atoms. The highest BCUT2D eigenvalue weighted by atomic mass is 19.4. The normalized spacial score (nSPS) is 11.9. The Morgan fingerprint density at radius 3 is 2.60 bits per heavy atom. The molecule has 0 spiro atoms. The first kappa shape index (κ1) is 11.5. The van der Waals surface area contributed by atoms with Crippen molar-refractivity contribution in [3.63, 3.8) is 0 Å². The largest absolute Gasteiger partial charge is 0.416 e. The second-order valence-electron chi connectivity index (χ2n) is 2.93. The molecule has 0 N–H and O–H groups in total. The van der Waals surface area contributed by atoms with Gasteiger partial charge in [-0.25, -0.2) is 0 Å². The molecule has 0 heterocycles. The number of hydrogen-bond donors (Lipinski definition) is 0. The van der Waals surface area contributed by atoms with Crippen molar-refractivity contribution in [2.45, 2.75) is 12.6 Å². The molecule has 1 rings (SSSR count). The van der Waals surface area contributed by atoms with Crippen LogP contribution in [0.1, 0.15) is 17.5 Å². The average Bonchev–Trinajstić information content (AvgIpc) is 2.17. The van der Waals surface area contributed by atoms with Crippen LogP contribution in [0.3, 0.4) is 0 Å². The van der Waals surface area contributed by atoms with Crippen molar-refractivity contribution in [1.29, 1.82) is 0 Å². The fraction of sp³-hybridized carbons (Fsp3) is 0.182. The number of rotatable bonds is 3. The Balaban J connectivity index is 2.88. The molecule has 1 aromatic rings. The lowest BCUT2D eigenvalue weighted by Crippen LogP contribution is -2.04. The van der Waals surface area contributed by atoms with Gasteiger partial charge in [0.15, 0.2) is 0 Å². The number of halogens is 3. The molecule has 1 nitrogen and oxygen atoms in total. The van der Waals surface area contributed by atoms with E-state index in [0.717, 1.165) is 12.1 Å². The Kier molecular flexibility index (Phi) is 3.66. The van der Waals surface area contributed by atoms with Crippen molar-refractivity contribution in [3.05, 3.63) is 41.5 Å². The van der Waals surface area contributed by atoms with Gasteiger partial charge in [-0.05, 0) is 17.7 Å². The van der Waals surface area contributed by atoms with E-state index < -0.39 is 11.7 Å². The van der Waals surface area contributed by atoms with Crippen LogP contribution >= 0.6 is 0 Å². The number of alkyl halides is 3. The van der Waals surface area contributed by atoms with Crippen LogP contribution in [0.25, 0.3) is 6.08 Å². The maximum atomic E-state index is 12.3. The molecule has 0 aliphatic heterocycles. The van der Waals surface area contributed by atoms with Gasteiger partial charge in [-0.1, -0.05) is 24.3 Å². The number of carbonyl (C=O) groups excluding carboxylic acids is 1.